The molecule has 3 aromatic carbocycles. The molecule has 0 radical (unpaired) electrons. The topological polar surface area (TPSA) is 77.6 Å². The van der Waals surface area contributed by atoms with Crippen molar-refractivity contribution in [3.63, 3.8) is 0 Å². The molecule has 0 saturated carbocycles. The summed E-state index contributed by atoms with van der Waals surface area (Å²) in [7, 11) is 0. The number of hydrogen-bond acceptors (Lipinski definition) is 4. The van der Waals surface area contributed by atoms with E-state index in [-0.39, 0.29) is 11.9 Å². The Morgan fingerprint density at radius 3 is 2.18 bits per heavy atom. The van der Waals surface area contributed by atoms with Crippen LogP contribution >= 0.6 is 0 Å². The molecule has 0 fully saturated rings. The maximum atomic E-state index is 13.3. The van der Waals surface area contributed by atoms with Crippen molar-refractivity contribution in [3.8, 4) is 22.6 Å². The second-order valence-electron chi connectivity index (χ2n) is 7.66. The fourth-order valence-corrected chi connectivity index (χ4v) is 3.68. The van der Waals surface area contributed by atoms with Gasteiger partial charge in [-0.05, 0) is 36.8 Å². The summed E-state index contributed by atoms with van der Waals surface area (Å²) in [5.74, 6) is -0.177. The van der Waals surface area contributed by atoms with Gasteiger partial charge >= 0.3 is 0 Å². The van der Waals surface area contributed by atoms with Crippen molar-refractivity contribution >= 4 is 5.91 Å². The zero-order valence-electron chi connectivity index (χ0n) is 18.0. The molecule has 0 aliphatic carbocycles. The molecule has 5 aromatic rings. The lowest BCUT2D eigenvalue weighted by molar-refractivity contribution is 0.0940. The van der Waals surface area contributed by atoms with Crippen LogP contribution in [0.15, 0.2) is 104 Å². The summed E-state index contributed by atoms with van der Waals surface area (Å²) < 4.78 is 3.44. The average Bonchev–Trinajstić information content (AvgIpc) is 3.56. The Kier molecular flexibility index (Phi) is 5.51. The molecule has 0 aliphatic heterocycles. The fourth-order valence-electron chi connectivity index (χ4n) is 3.68. The van der Waals surface area contributed by atoms with E-state index in [0.29, 0.717) is 11.3 Å². The highest BCUT2D eigenvalue weighted by Crippen LogP contribution is 2.25. The summed E-state index contributed by atoms with van der Waals surface area (Å²) in [6.07, 6.45) is 4.93. The Bertz CT molecular complexity index is 1340. The second-order valence-corrected chi connectivity index (χ2v) is 7.66. The van der Waals surface area contributed by atoms with Crippen molar-refractivity contribution in [1.82, 2.24) is 29.9 Å². The van der Waals surface area contributed by atoms with Crippen LogP contribution in [0.4, 0.5) is 0 Å². The van der Waals surface area contributed by atoms with Gasteiger partial charge in [0.2, 0.25) is 0 Å². The third kappa shape index (κ3) is 4.29. The minimum atomic E-state index is -0.189. The molecule has 162 valence electrons. The van der Waals surface area contributed by atoms with Crippen LogP contribution in [-0.4, -0.2) is 30.5 Å². The molecule has 1 atom stereocenters. The minimum absolute atomic E-state index is 0.177. The Morgan fingerprint density at radius 2 is 1.52 bits per heavy atom. The summed E-state index contributed by atoms with van der Waals surface area (Å²) in [5, 5.41) is 12.0. The molecule has 0 aliphatic rings. The molecule has 7 heteroatoms. The van der Waals surface area contributed by atoms with E-state index in [2.05, 4.69) is 15.4 Å². The standard InChI is InChI=1S/C26H22N6O/c1-19(20-12-14-23(15-13-20)32-18-27-17-28-32)29-26(33)24-16-31(22-10-6-3-7-11-22)30-25(24)21-8-4-2-5-9-21/h2-19H,1H3,(H,29,33). The smallest absolute Gasteiger partial charge is 0.255 e. The van der Waals surface area contributed by atoms with Gasteiger partial charge < -0.3 is 5.32 Å². The number of nitrogens with zero attached hydrogens (tertiary/aromatic N) is 5. The summed E-state index contributed by atoms with van der Waals surface area (Å²) in [6.45, 7) is 1.96. The summed E-state index contributed by atoms with van der Waals surface area (Å²) >= 11 is 0. The van der Waals surface area contributed by atoms with Gasteiger partial charge in [0, 0.05) is 11.8 Å². The van der Waals surface area contributed by atoms with E-state index in [9.17, 15) is 4.79 Å². The molecule has 0 bridgehead atoms. The fraction of sp³-hybridized carbons (Fsp3) is 0.0769. The van der Waals surface area contributed by atoms with Crippen molar-refractivity contribution in [3.05, 3.63) is 115 Å². The van der Waals surface area contributed by atoms with Crippen molar-refractivity contribution in [2.45, 2.75) is 13.0 Å². The number of rotatable bonds is 6. The molecule has 33 heavy (non-hydrogen) atoms. The highest BCUT2D eigenvalue weighted by molar-refractivity contribution is 6.00. The normalized spacial score (nSPS) is 11.8. The predicted octanol–water partition coefficient (Wildman–Crippen LogP) is 4.61. The van der Waals surface area contributed by atoms with Crippen LogP contribution in [-0.2, 0) is 0 Å². The SMILES string of the molecule is CC(NC(=O)c1cn(-c2ccccc2)nc1-c1ccccc1)c1ccc(-n2cncn2)cc1. The predicted molar refractivity (Wildman–Crippen MR) is 126 cm³/mol. The van der Waals surface area contributed by atoms with Crippen LogP contribution in [0.5, 0.6) is 0 Å². The van der Waals surface area contributed by atoms with Crippen LogP contribution in [0, 0.1) is 0 Å². The maximum absolute atomic E-state index is 13.3. The van der Waals surface area contributed by atoms with Crippen LogP contribution in [0.1, 0.15) is 28.9 Å². The minimum Gasteiger partial charge on any atom is -0.345 e. The molecule has 2 aromatic heterocycles. The van der Waals surface area contributed by atoms with E-state index in [1.54, 1.807) is 21.9 Å². The first-order valence-corrected chi connectivity index (χ1v) is 10.7. The molecule has 0 spiro atoms. The number of aromatic nitrogens is 5. The van der Waals surface area contributed by atoms with E-state index in [1.807, 2.05) is 91.9 Å². The van der Waals surface area contributed by atoms with Crippen molar-refractivity contribution in [2.24, 2.45) is 0 Å². The lowest BCUT2D eigenvalue weighted by atomic mass is 10.1. The zero-order chi connectivity index (χ0) is 22.6. The lowest BCUT2D eigenvalue weighted by Crippen LogP contribution is -2.26. The van der Waals surface area contributed by atoms with Gasteiger partial charge in [0.1, 0.15) is 18.3 Å². The summed E-state index contributed by atoms with van der Waals surface area (Å²) in [6, 6.07) is 27.2. The Labute approximate surface area is 191 Å². The largest absolute Gasteiger partial charge is 0.345 e. The third-order valence-electron chi connectivity index (χ3n) is 5.45. The average molecular weight is 435 g/mol. The molecular weight excluding hydrogens is 412 g/mol. The van der Waals surface area contributed by atoms with E-state index in [1.165, 1.54) is 6.33 Å². The number of carbonyl (C=O) groups is 1. The van der Waals surface area contributed by atoms with E-state index in [4.69, 9.17) is 5.10 Å². The quantitative estimate of drug-likeness (QED) is 0.423. The first-order chi connectivity index (χ1) is 16.2. The van der Waals surface area contributed by atoms with E-state index >= 15 is 0 Å². The van der Waals surface area contributed by atoms with Gasteiger partial charge in [-0.1, -0.05) is 60.7 Å². The Morgan fingerprint density at radius 1 is 0.848 bits per heavy atom. The number of amides is 1. The van der Waals surface area contributed by atoms with E-state index < -0.39 is 0 Å². The maximum Gasteiger partial charge on any atom is 0.255 e. The number of hydrogen-bond donors (Lipinski definition) is 1. The van der Waals surface area contributed by atoms with Crippen LogP contribution in [0.25, 0.3) is 22.6 Å². The number of carbonyl (C=O) groups excluding carboxylic acids is 1. The van der Waals surface area contributed by atoms with Crippen LogP contribution in [0.3, 0.4) is 0 Å². The monoisotopic (exact) mass is 434 g/mol. The van der Waals surface area contributed by atoms with E-state index in [0.717, 1.165) is 22.5 Å². The second kappa shape index (κ2) is 8.92. The van der Waals surface area contributed by atoms with Gasteiger partial charge in [-0.3, -0.25) is 4.79 Å². The Hall–Kier alpha value is -4.52. The molecule has 5 rings (SSSR count). The molecule has 0 saturated heterocycles. The molecule has 1 unspecified atom stereocenters. The number of para-hydroxylation sites is 1. The highest BCUT2D eigenvalue weighted by atomic mass is 16.1. The van der Waals surface area contributed by atoms with Gasteiger partial charge in [0.05, 0.1) is 23.0 Å². The van der Waals surface area contributed by atoms with Crippen molar-refractivity contribution < 1.29 is 4.79 Å². The number of benzene rings is 3. The summed E-state index contributed by atoms with van der Waals surface area (Å²) in [5.41, 5.74) is 4.85. The van der Waals surface area contributed by atoms with Gasteiger partial charge in [0.25, 0.3) is 5.91 Å². The molecule has 2 heterocycles. The van der Waals surface area contributed by atoms with Crippen LogP contribution in [0.2, 0.25) is 0 Å². The highest BCUT2D eigenvalue weighted by Gasteiger charge is 2.20. The molecule has 1 amide bonds. The van der Waals surface area contributed by atoms with Gasteiger partial charge in [0.15, 0.2) is 0 Å². The molecule has 1 N–H and O–H groups in total. The lowest BCUT2D eigenvalue weighted by Gasteiger charge is -2.15. The number of nitrogens with one attached hydrogen (secondary N) is 1. The third-order valence-corrected chi connectivity index (χ3v) is 5.45. The summed E-state index contributed by atoms with van der Waals surface area (Å²) in [4.78, 5) is 17.3. The first-order valence-electron chi connectivity index (χ1n) is 10.7. The first kappa shape index (κ1) is 20.4. The van der Waals surface area contributed by atoms with Gasteiger partial charge in [-0.2, -0.15) is 10.2 Å². The van der Waals surface area contributed by atoms with Crippen molar-refractivity contribution in [2.75, 3.05) is 0 Å². The van der Waals surface area contributed by atoms with Crippen molar-refractivity contribution in [1.29, 1.82) is 0 Å². The zero-order valence-corrected chi connectivity index (χ0v) is 18.0. The van der Waals surface area contributed by atoms with Gasteiger partial charge in [-0.15, -0.1) is 0 Å². The van der Waals surface area contributed by atoms with Gasteiger partial charge in [-0.25, -0.2) is 14.3 Å². The molecule has 7 nitrogen and oxygen atoms in total. The van der Waals surface area contributed by atoms with Crippen LogP contribution < -0.4 is 5.32 Å². The molecular formula is C26H22N6O. The Balaban J connectivity index is 1.42.